The molecule has 1 aromatic carbocycles. The average Bonchev–Trinajstić information content (AvgIpc) is 3.38. The first-order chi connectivity index (χ1) is 15.1. The Bertz CT molecular complexity index is 1170. The predicted octanol–water partition coefficient (Wildman–Crippen LogP) is 3.49. The summed E-state index contributed by atoms with van der Waals surface area (Å²) < 4.78 is 15.5. The number of rotatable bonds is 7. The van der Waals surface area contributed by atoms with E-state index in [-0.39, 0.29) is 5.82 Å². The number of hydrogen-bond acceptors (Lipinski definition) is 3. The second kappa shape index (κ2) is 9.42. The van der Waals surface area contributed by atoms with E-state index in [1.54, 1.807) is 18.3 Å². The van der Waals surface area contributed by atoms with Crippen molar-refractivity contribution in [2.45, 2.75) is 26.8 Å². The third-order valence-electron chi connectivity index (χ3n) is 5.06. The first-order valence-electron chi connectivity index (χ1n) is 10.4. The molecule has 0 spiro atoms. The largest absolute Gasteiger partial charge is 0.361 e. The summed E-state index contributed by atoms with van der Waals surface area (Å²) in [6, 6.07) is 8.79. The Balaban J connectivity index is 1.36. The molecule has 3 heterocycles. The number of aryl methyl sites for hydroxylation is 1. The normalized spacial score (nSPS) is 11.8. The van der Waals surface area contributed by atoms with Crippen LogP contribution in [0.4, 0.5) is 4.39 Å². The lowest BCUT2D eigenvalue weighted by Crippen LogP contribution is -2.38. The predicted molar refractivity (Wildman–Crippen MR) is 121 cm³/mol. The van der Waals surface area contributed by atoms with Crippen molar-refractivity contribution >= 4 is 16.9 Å². The number of benzene rings is 1. The number of nitrogens with zero attached hydrogens (tertiary/aromatic N) is 4. The molecule has 0 fully saturated rings. The van der Waals surface area contributed by atoms with Gasteiger partial charge in [-0.3, -0.25) is 4.57 Å². The topological polar surface area (TPSA) is 82.9 Å². The number of hydrogen-bond donors (Lipinski definition) is 3. The zero-order valence-corrected chi connectivity index (χ0v) is 17.7. The summed E-state index contributed by atoms with van der Waals surface area (Å²) in [6.45, 7) is 5.95. The van der Waals surface area contributed by atoms with Crippen LogP contribution in [0.1, 0.15) is 23.9 Å². The highest BCUT2D eigenvalue weighted by Crippen LogP contribution is 2.19. The van der Waals surface area contributed by atoms with E-state index < -0.39 is 0 Å². The first-order valence-corrected chi connectivity index (χ1v) is 10.4. The minimum absolute atomic E-state index is 0.223. The highest BCUT2D eigenvalue weighted by atomic mass is 19.1. The van der Waals surface area contributed by atoms with Gasteiger partial charge in [0.2, 0.25) is 0 Å². The van der Waals surface area contributed by atoms with Gasteiger partial charge in [0, 0.05) is 48.8 Å². The van der Waals surface area contributed by atoms with Crippen LogP contribution in [0.5, 0.6) is 0 Å². The molecule has 0 saturated heterocycles. The summed E-state index contributed by atoms with van der Waals surface area (Å²) in [4.78, 5) is 16.6. The lowest BCUT2D eigenvalue weighted by Gasteiger charge is -2.11. The number of aromatic nitrogens is 4. The Labute approximate surface area is 180 Å². The van der Waals surface area contributed by atoms with Crippen molar-refractivity contribution in [3.05, 3.63) is 77.9 Å². The number of imidazole rings is 1. The molecule has 160 valence electrons. The van der Waals surface area contributed by atoms with Crippen LogP contribution < -0.4 is 10.6 Å². The molecule has 0 atom stereocenters. The van der Waals surface area contributed by atoms with Gasteiger partial charge in [-0.05, 0) is 55.7 Å². The summed E-state index contributed by atoms with van der Waals surface area (Å²) in [5.41, 5.74) is 3.04. The maximum absolute atomic E-state index is 13.6. The highest BCUT2D eigenvalue weighted by molar-refractivity contribution is 5.83. The first kappa shape index (κ1) is 20.6. The molecule has 0 aliphatic carbocycles. The lowest BCUT2D eigenvalue weighted by molar-refractivity contribution is 0.629. The van der Waals surface area contributed by atoms with Crippen molar-refractivity contribution in [3.63, 3.8) is 0 Å². The molecule has 0 unspecified atom stereocenters. The number of nitrogens with one attached hydrogen (secondary N) is 3. The quantitative estimate of drug-likeness (QED) is 0.316. The van der Waals surface area contributed by atoms with E-state index in [1.165, 1.54) is 6.07 Å². The number of aliphatic imine (C=N–C) groups is 1. The Hall–Kier alpha value is -3.68. The third kappa shape index (κ3) is 4.91. The van der Waals surface area contributed by atoms with Gasteiger partial charge >= 0.3 is 0 Å². The zero-order valence-electron chi connectivity index (χ0n) is 17.7. The van der Waals surface area contributed by atoms with Crippen LogP contribution in [0.15, 0.2) is 60.1 Å². The van der Waals surface area contributed by atoms with E-state index in [9.17, 15) is 4.39 Å². The van der Waals surface area contributed by atoms with Crippen molar-refractivity contribution in [2.24, 2.45) is 4.99 Å². The van der Waals surface area contributed by atoms with Gasteiger partial charge in [0.1, 0.15) is 17.5 Å². The molecule has 0 aliphatic heterocycles. The van der Waals surface area contributed by atoms with Gasteiger partial charge < -0.3 is 15.6 Å². The van der Waals surface area contributed by atoms with Gasteiger partial charge in [-0.1, -0.05) is 6.07 Å². The smallest absolute Gasteiger partial charge is 0.191 e. The molecule has 0 saturated carbocycles. The Kier molecular flexibility index (Phi) is 6.26. The summed E-state index contributed by atoms with van der Waals surface area (Å²) in [7, 11) is 0. The molecule has 0 bridgehead atoms. The number of guanidine groups is 1. The van der Waals surface area contributed by atoms with Gasteiger partial charge in [0.25, 0.3) is 0 Å². The number of halogens is 1. The zero-order chi connectivity index (χ0) is 21.6. The monoisotopic (exact) mass is 419 g/mol. The Morgan fingerprint density at radius 2 is 2.10 bits per heavy atom. The van der Waals surface area contributed by atoms with Crippen LogP contribution in [-0.4, -0.2) is 38.6 Å². The summed E-state index contributed by atoms with van der Waals surface area (Å²) in [6.07, 6.45) is 8.18. The molecule has 0 aliphatic rings. The number of pyridine rings is 1. The fraction of sp³-hybridized carbons (Fsp3) is 0.261. The molecular weight excluding hydrogens is 393 g/mol. The van der Waals surface area contributed by atoms with Crippen LogP contribution in [0.25, 0.3) is 16.7 Å². The van der Waals surface area contributed by atoms with Crippen LogP contribution in [0, 0.1) is 12.7 Å². The molecule has 0 amide bonds. The minimum atomic E-state index is -0.223. The van der Waals surface area contributed by atoms with E-state index >= 15 is 0 Å². The molecule has 4 rings (SSSR count). The third-order valence-corrected chi connectivity index (χ3v) is 5.06. The average molecular weight is 420 g/mol. The molecular formula is C23H26FN7. The molecule has 4 aromatic rings. The molecule has 0 radical (unpaired) electrons. The fourth-order valence-corrected chi connectivity index (χ4v) is 3.46. The van der Waals surface area contributed by atoms with Gasteiger partial charge in [-0.25, -0.2) is 19.4 Å². The van der Waals surface area contributed by atoms with E-state index in [0.29, 0.717) is 13.1 Å². The van der Waals surface area contributed by atoms with Crippen molar-refractivity contribution in [1.29, 1.82) is 0 Å². The van der Waals surface area contributed by atoms with E-state index in [2.05, 4.69) is 30.6 Å². The SMILES string of the molecule is CCNC(=NCc1ccc(-n2ccnc2C)nc1)NCCc1c[nH]c2ccc(F)cc12. The minimum Gasteiger partial charge on any atom is -0.361 e. The van der Waals surface area contributed by atoms with Crippen LogP contribution >= 0.6 is 0 Å². The van der Waals surface area contributed by atoms with Gasteiger partial charge in [-0.15, -0.1) is 0 Å². The van der Waals surface area contributed by atoms with Crippen LogP contribution in [-0.2, 0) is 13.0 Å². The van der Waals surface area contributed by atoms with Gasteiger partial charge in [-0.2, -0.15) is 0 Å². The summed E-state index contributed by atoms with van der Waals surface area (Å²) in [5.74, 6) is 2.25. The molecule has 31 heavy (non-hydrogen) atoms. The van der Waals surface area contributed by atoms with Crippen LogP contribution in [0.3, 0.4) is 0 Å². The van der Waals surface area contributed by atoms with Crippen molar-refractivity contribution in [1.82, 2.24) is 30.2 Å². The second-order valence-corrected chi connectivity index (χ2v) is 7.24. The lowest BCUT2D eigenvalue weighted by atomic mass is 10.1. The Morgan fingerprint density at radius 1 is 1.19 bits per heavy atom. The number of aromatic amines is 1. The van der Waals surface area contributed by atoms with Gasteiger partial charge in [0.05, 0.1) is 6.54 Å². The molecule has 7 nitrogen and oxygen atoms in total. The highest BCUT2D eigenvalue weighted by Gasteiger charge is 2.06. The number of H-pyrrole nitrogens is 1. The Morgan fingerprint density at radius 3 is 2.84 bits per heavy atom. The van der Waals surface area contributed by atoms with E-state index in [0.717, 1.165) is 52.6 Å². The summed E-state index contributed by atoms with van der Waals surface area (Å²) in [5, 5.41) is 7.53. The molecule has 8 heteroatoms. The van der Waals surface area contributed by atoms with Crippen molar-refractivity contribution in [2.75, 3.05) is 13.1 Å². The van der Waals surface area contributed by atoms with Crippen molar-refractivity contribution in [3.8, 4) is 5.82 Å². The van der Waals surface area contributed by atoms with E-state index in [1.807, 2.05) is 49.1 Å². The second-order valence-electron chi connectivity index (χ2n) is 7.24. The van der Waals surface area contributed by atoms with E-state index in [4.69, 9.17) is 0 Å². The number of fused-ring (bicyclic) bond motifs is 1. The summed E-state index contributed by atoms with van der Waals surface area (Å²) >= 11 is 0. The molecule has 3 aromatic heterocycles. The standard InChI is InChI=1S/C23H26FN7/c1-3-25-23(27-9-8-18-15-28-21-6-5-19(24)12-20(18)21)30-14-17-4-7-22(29-13-17)31-11-10-26-16(31)2/h4-7,10-13,15,28H,3,8-9,14H2,1-2H3,(H2,25,27,30). The maximum atomic E-state index is 13.6. The molecule has 3 N–H and O–H groups in total. The van der Waals surface area contributed by atoms with Crippen LogP contribution in [0.2, 0.25) is 0 Å². The van der Waals surface area contributed by atoms with Crippen molar-refractivity contribution < 1.29 is 4.39 Å². The van der Waals surface area contributed by atoms with Gasteiger partial charge in [0.15, 0.2) is 5.96 Å². The maximum Gasteiger partial charge on any atom is 0.191 e. The fourth-order valence-electron chi connectivity index (χ4n) is 3.46.